The van der Waals surface area contributed by atoms with E-state index in [4.69, 9.17) is 9.62 Å². The van der Waals surface area contributed by atoms with Gasteiger partial charge in [-0.25, -0.2) is 0 Å². The van der Waals surface area contributed by atoms with Gasteiger partial charge in [0.2, 0.25) is 0 Å². The van der Waals surface area contributed by atoms with Gasteiger partial charge in [0.25, 0.3) is 0 Å². The first-order chi connectivity index (χ1) is 13.5. The fourth-order valence-electron chi connectivity index (χ4n) is 3.97. The molecule has 0 atom stereocenters. The number of nitrogens with zero attached hydrogens (tertiary/aromatic N) is 6. The number of rotatable bonds is 10. The third-order valence-corrected chi connectivity index (χ3v) is 14.6. The van der Waals surface area contributed by atoms with Crippen LogP contribution in [-0.2, 0) is 0 Å². The van der Waals surface area contributed by atoms with Gasteiger partial charge >= 0.3 is 174 Å². The van der Waals surface area contributed by atoms with Gasteiger partial charge in [0.1, 0.15) is 0 Å². The molecule has 2 rings (SSSR count). The topological polar surface area (TPSA) is 56.0 Å². The van der Waals surface area contributed by atoms with Crippen molar-refractivity contribution in [2.75, 3.05) is 39.3 Å². The molecule has 158 valence electrons. The Morgan fingerprint density at radius 1 is 0.786 bits per heavy atom. The third-order valence-electron chi connectivity index (χ3n) is 5.19. The van der Waals surface area contributed by atoms with Crippen molar-refractivity contribution < 1.29 is 4.74 Å². The molecule has 0 radical (unpaired) electrons. The van der Waals surface area contributed by atoms with Crippen LogP contribution in [0, 0.1) is 0 Å². The van der Waals surface area contributed by atoms with Gasteiger partial charge in [0.15, 0.2) is 0 Å². The fourth-order valence-corrected chi connectivity index (χ4v) is 13.8. The average molecular weight is 427 g/mol. The molecular formula is C19H35N6OPS. The van der Waals surface area contributed by atoms with Gasteiger partial charge in [-0.3, -0.25) is 0 Å². The van der Waals surface area contributed by atoms with E-state index in [1.807, 2.05) is 30.3 Å². The van der Waals surface area contributed by atoms with Crippen LogP contribution < -0.4 is 4.74 Å². The summed E-state index contributed by atoms with van der Waals surface area (Å²) in [6, 6.07) is 9.78. The Labute approximate surface area is 174 Å². The second-order valence-electron chi connectivity index (χ2n) is 6.33. The van der Waals surface area contributed by atoms with Crippen LogP contribution in [0.15, 0.2) is 45.5 Å². The molecule has 7 nitrogen and oxygen atoms in total. The number of hydrogen-bond acceptors (Lipinski definition) is 8. The molecule has 0 unspecified atom stereocenters. The SMILES string of the molecule is CCN(CC)P1(N(CC)CC)(N(CC)CC)N=NN=C(Oc2ccccc2)S1. The summed E-state index contributed by atoms with van der Waals surface area (Å²) in [5.74, 6) is 0.765. The molecule has 0 amide bonds. The molecule has 9 heteroatoms. The summed E-state index contributed by atoms with van der Waals surface area (Å²) in [5.41, 5.74) is 0. The average Bonchev–Trinajstić information content (AvgIpc) is 2.71. The summed E-state index contributed by atoms with van der Waals surface area (Å²) in [4.78, 5) is 5.04. The molecule has 0 N–H and O–H groups in total. The second kappa shape index (κ2) is 10.1. The van der Waals surface area contributed by atoms with Crippen LogP contribution >= 0.6 is 17.8 Å². The summed E-state index contributed by atoms with van der Waals surface area (Å²) in [6.45, 7) is 18.5. The Hall–Kier alpha value is -1.05. The van der Waals surface area contributed by atoms with Crippen LogP contribution in [-0.4, -0.2) is 58.5 Å². The predicted octanol–water partition coefficient (Wildman–Crippen LogP) is 5.69. The van der Waals surface area contributed by atoms with Crippen molar-refractivity contribution in [1.82, 2.24) is 14.0 Å². The second-order valence-corrected chi connectivity index (χ2v) is 13.0. The van der Waals surface area contributed by atoms with Crippen molar-refractivity contribution in [3.63, 3.8) is 0 Å². The number of benzene rings is 1. The minimum absolute atomic E-state index is 0.560. The fraction of sp³-hybridized carbons (Fsp3) is 0.632. The molecule has 0 aliphatic carbocycles. The van der Waals surface area contributed by atoms with E-state index in [2.05, 4.69) is 65.9 Å². The van der Waals surface area contributed by atoms with Crippen molar-refractivity contribution in [2.45, 2.75) is 41.5 Å². The molecule has 1 aromatic rings. The van der Waals surface area contributed by atoms with E-state index in [1.165, 1.54) is 0 Å². The van der Waals surface area contributed by atoms with E-state index in [9.17, 15) is 0 Å². The molecule has 28 heavy (non-hydrogen) atoms. The van der Waals surface area contributed by atoms with E-state index in [0.717, 1.165) is 45.0 Å². The normalized spacial score (nSPS) is 19.5. The molecule has 1 aliphatic heterocycles. The number of para-hydroxylation sites is 1. The maximum absolute atomic E-state index is 6.16. The Bertz CT molecular complexity index is 640. The maximum atomic E-state index is 6.16. The van der Waals surface area contributed by atoms with Gasteiger partial charge in [-0.15, -0.1) is 0 Å². The summed E-state index contributed by atoms with van der Waals surface area (Å²) in [7, 11) is 0. The van der Waals surface area contributed by atoms with Crippen molar-refractivity contribution in [2.24, 2.45) is 15.2 Å². The van der Waals surface area contributed by atoms with E-state index < -0.39 is 6.41 Å². The summed E-state index contributed by atoms with van der Waals surface area (Å²) >= 11 is 1.67. The van der Waals surface area contributed by atoms with Crippen molar-refractivity contribution in [1.29, 1.82) is 0 Å². The number of ether oxygens (including phenoxy) is 1. The first kappa shape index (κ1) is 23.2. The Morgan fingerprint density at radius 3 is 1.68 bits per heavy atom. The molecule has 0 spiro atoms. The van der Waals surface area contributed by atoms with Crippen LogP contribution in [0.25, 0.3) is 0 Å². The molecular weight excluding hydrogens is 391 g/mol. The summed E-state index contributed by atoms with van der Waals surface area (Å²) in [5, 5.41) is 9.18. The van der Waals surface area contributed by atoms with Crippen molar-refractivity contribution in [3.05, 3.63) is 30.3 Å². The molecule has 1 aliphatic rings. The Morgan fingerprint density at radius 2 is 1.25 bits per heavy atom. The monoisotopic (exact) mass is 426 g/mol. The standard InChI is InChI=1S/C19H35N6OPS/c1-7-23(8-2)27(24(9-3)10-4,25(11-5)12-6)22-21-20-19(28-27)26-18-16-14-13-15-17-18/h13-17H,7-12H2,1-6H3. The van der Waals surface area contributed by atoms with Gasteiger partial charge < -0.3 is 0 Å². The van der Waals surface area contributed by atoms with E-state index >= 15 is 0 Å². The van der Waals surface area contributed by atoms with Crippen LogP contribution in [0.5, 0.6) is 5.75 Å². The molecule has 1 heterocycles. The minimum atomic E-state index is -3.23. The zero-order valence-corrected chi connectivity index (χ0v) is 19.8. The van der Waals surface area contributed by atoms with Gasteiger partial charge in [-0.1, -0.05) is 0 Å². The van der Waals surface area contributed by atoms with Crippen molar-refractivity contribution >= 4 is 23.0 Å². The summed E-state index contributed by atoms with van der Waals surface area (Å²) in [6.07, 6.45) is -3.23. The van der Waals surface area contributed by atoms with Crippen LogP contribution in [0.3, 0.4) is 0 Å². The van der Waals surface area contributed by atoms with Gasteiger partial charge in [-0.2, -0.15) is 0 Å². The summed E-state index contributed by atoms with van der Waals surface area (Å²) < 4.78 is 13.6. The quantitative estimate of drug-likeness (QED) is 0.450. The van der Waals surface area contributed by atoms with Crippen LogP contribution in [0.2, 0.25) is 0 Å². The third kappa shape index (κ3) is 3.85. The zero-order valence-electron chi connectivity index (χ0n) is 18.1. The molecule has 0 aromatic heterocycles. The van der Waals surface area contributed by atoms with Crippen LogP contribution in [0.1, 0.15) is 41.5 Å². The predicted molar refractivity (Wildman–Crippen MR) is 123 cm³/mol. The Kier molecular flexibility index (Phi) is 8.40. The molecule has 1 aromatic carbocycles. The van der Waals surface area contributed by atoms with Crippen LogP contribution in [0.4, 0.5) is 0 Å². The van der Waals surface area contributed by atoms with E-state index in [0.29, 0.717) is 5.23 Å². The van der Waals surface area contributed by atoms with E-state index in [-0.39, 0.29) is 0 Å². The van der Waals surface area contributed by atoms with Gasteiger partial charge in [-0.05, 0) is 0 Å². The van der Waals surface area contributed by atoms with Crippen molar-refractivity contribution in [3.8, 4) is 5.75 Å². The molecule has 0 bridgehead atoms. The zero-order chi connectivity index (χ0) is 20.6. The first-order valence-corrected chi connectivity index (χ1v) is 13.7. The van der Waals surface area contributed by atoms with Gasteiger partial charge in [0.05, 0.1) is 0 Å². The van der Waals surface area contributed by atoms with Gasteiger partial charge in [0, 0.05) is 0 Å². The van der Waals surface area contributed by atoms with E-state index in [1.54, 1.807) is 11.4 Å². The number of hydrogen-bond donors (Lipinski definition) is 0. The molecule has 0 saturated heterocycles. The first-order valence-electron chi connectivity index (χ1n) is 10.3. The Balaban J connectivity index is 2.64. The molecule has 0 saturated carbocycles. The molecule has 0 fully saturated rings.